The maximum Gasteiger partial charge on any atom is 0.223 e. The van der Waals surface area contributed by atoms with Gasteiger partial charge >= 0.3 is 0 Å². The number of pyridine rings is 1. The van der Waals surface area contributed by atoms with Crippen molar-refractivity contribution in [2.45, 2.75) is 25.8 Å². The van der Waals surface area contributed by atoms with Gasteiger partial charge in [-0.15, -0.1) is 0 Å². The fraction of sp³-hybridized carbons (Fsp3) is 0.429. The van der Waals surface area contributed by atoms with E-state index in [1.807, 2.05) is 25.1 Å². The van der Waals surface area contributed by atoms with Gasteiger partial charge in [-0.1, -0.05) is 5.16 Å². The highest BCUT2D eigenvalue weighted by Crippen LogP contribution is 2.31. The van der Waals surface area contributed by atoms with Crippen molar-refractivity contribution in [3.05, 3.63) is 30.2 Å². The molecule has 0 spiro atoms. The summed E-state index contributed by atoms with van der Waals surface area (Å²) in [6.45, 7) is 3.56. The summed E-state index contributed by atoms with van der Waals surface area (Å²) in [7, 11) is 0. The smallest absolute Gasteiger partial charge is 0.223 e. The van der Waals surface area contributed by atoms with Crippen LogP contribution < -0.4 is 10.1 Å². The molecule has 0 amide bonds. The van der Waals surface area contributed by atoms with Gasteiger partial charge < -0.3 is 14.6 Å². The van der Waals surface area contributed by atoms with Crippen molar-refractivity contribution in [2.75, 3.05) is 13.2 Å². The van der Waals surface area contributed by atoms with Crippen LogP contribution in [0, 0.1) is 0 Å². The van der Waals surface area contributed by atoms with E-state index in [4.69, 9.17) is 9.26 Å². The molecule has 3 heterocycles. The van der Waals surface area contributed by atoms with Crippen LogP contribution in [0.15, 0.2) is 28.9 Å². The van der Waals surface area contributed by atoms with E-state index in [-0.39, 0.29) is 6.04 Å². The van der Waals surface area contributed by atoms with Crippen LogP contribution in [0.2, 0.25) is 0 Å². The van der Waals surface area contributed by atoms with Gasteiger partial charge in [0.05, 0.1) is 18.2 Å². The number of rotatable bonds is 4. The Morgan fingerprint density at radius 1 is 1.53 bits per heavy atom. The molecule has 1 atom stereocenters. The number of aromatic nitrogens is 2. The Balaban J connectivity index is 1.89. The van der Waals surface area contributed by atoms with Crippen molar-refractivity contribution < 1.29 is 9.26 Å². The van der Waals surface area contributed by atoms with E-state index >= 15 is 0 Å². The summed E-state index contributed by atoms with van der Waals surface area (Å²) >= 11 is 0. The van der Waals surface area contributed by atoms with Gasteiger partial charge in [0, 0.05) is 12.3 Å². The lowest BCUT2D eigenvalue weighted by Gasteiger charge is -2.05. The zero-order chi connectivity index (χ0) is 13.1. The number of hydrogen-bond donors (Lipinski definition) is 1. The summed E-state index contributed by atoms with van der Waals surface area (Å²) in [6.07, 6.45) is 3.99. The number of nitrogens with one attached hydrogen (secondary N) is 1. The van der Waals surface area contributed by atoms with Gasteiger partial charge in [0.1, 0.15) is 5.69 Å². The molecule has 0 aliphatic carbocycles. The van der Waals surface area contributed by atoms with Gasteiger partial charge in [0.15, 0.2) is 5.76 Å². The lowest BCUT2D eigenvalue weighted by atomic mass is 10.1. The van der Waals surface area contributed by atoms with Gasteiger partial charge in [-0.25, -0.2) is 4.98 Å². The predicted octanol–water partition coefficient (Wildman–Crippen LogP) is 2.56. The van der Waals surface area contributed by atoms with E-state index in [0.717, 1.165) is 30.0 Å². The van der Waals surface area contributed by atoms with Crippen molar-refractivity contribution >= 4 is 0 Å². The first-order chi connectivity index (χ1) is 9.38. The first-order valence-corrected chi connectivity index (χ1v) is 6.66. The van der Waals surface area contributed by atoms with Crippen molar-refractivity contribution in [3.63, 3.8) is 0 Å². The summed E-state index contributed by atoms with van der Waals surface area (Å²) in [5.41, 5.74) is 1.65. The Bertz CT molecular complexity index is 547. The third-order valence-corrected chi connectivity index (χ3v) is 3.26. The molecule has 1 N–H and O–H groups in total. The topological polar surface area (TPSA) is 60.2 Å². The van der Waals surface area contributed by atoms with Crippen LogP contribution in [-0.2, 0) is 0 Å². The summed E-state index contributed by atoms with van der Waals surface area (Å²) in [5.74, 6) is 1.49. The second-order valence-electron chi connectivity index (χ2n) is 4.55. The molecule has 1 saturated heterocycles. The van der Waals surface area contributed by atoms with E-state index in [1.54, 1.807) is 6.20 Å². The molecule has 2 aromatic heterocycles. The molecule has 0 unspecified atom stereocenters. The Kier molecular flexibility index (Phi) is 3.46. The van der Waals surface area contributed by atoms with E-state index in [1.165, 1.54) is 6.42 Å². The quantitative estimate of drug-likeness (QED) is 0.914. The standard InChI is InChI=1S/C14H17N3O2/c1-2-18-14-10(5-3-8-16-14)12-9-13(19-17-12)11-6-4-7-15-11/h3,5,8-9,11,15H,2,4,6-7H2,1H3/t11-/m0/s1. The molecule has 19 heavy (non-hydrogen) atoms. The second-order valence-corrected chi connectivity index (χ2v) is 4.55. The van der Waals surface area contributed by atoms with E-state index in [0.29, 0.717) is 12.5 Å². The minimum Gasteiger partial charge on any atom is -0.477 e. The van der Waals surface area contributed by atoms with Crippen LogP contribution in [-0.4, -0.2) is 23.3 Å². The predicted molar refractivity (Wildman–Crippen MR) is 70.9 cm³/mol. The average molecular weight is 259 g/mol. The Morgan fingerprint density at radius 2 is 2.47 bits per heavy atom. The lowest BCUT2D eigenvalue weighted by molar-refractivity contribution is 0.327. The molecule has 5 nitrogen and oxygen atoms in total. The van der Waals surface area contributed by atoms with Crippen molar-refractivity contribution in [1.29, 1.82) is 0 Å². The number of hydrogen-bond acceptors (Lipinski definition) is 5. The minimum atomic E-state index is 0.286. The van der Waals surface area contributed by atoms with Gasteiger partial charge in [0.25, 0.3) is 0 Å². The molecule has 0 saturated carbocycles. The van der Waals surface area contributed by atoms with Gasteiger partial charge in [-0.3, -0.25) is 0 Å². The molecule has 5 heteroatoms. The monoisotopic (exact) mass is 259 g/mol. The lowest BCUT2D eigenvalue weighted by Crippen LogP contribution is -2.11. The molecule has 2 aromatic rings. The molecular formula is C14H17N3O2. The first-order valence-electron chi connectivity index (χ1n) is 6.66. The summed E-state index contributed by atoms with van der Waals surface area (Å²) < 4.78 is 11.0. The van der Waals surface area contributed by atoms with E-state index in [2.05, 4.69) is 15.5 Å². The largest absolute Gasteiger partial charge is 0.477 e. The summed E-state index contributed by atoms with van der Waals surface area (Å²) in [5, 5.41) is 7.54. The fourth-order valence-electron chi connectivity index (χ4n) is 2.35. The van der Waals surface area contributed by atoms with Crippen LogP contribution >= 0.6 is 0 Å². The number of nitrogens with zero attached hydrogens (tertiary/aromatic N) is 2. The van der Waals surface area contributed by atoms with Crippen LogP contribution in [0.1, 0.15) is 31.6 Å². The normalized spacial score (nSPS) is 18.7. The average Bonchev–Trinajstić information content (AvgIpc) is 3.11. The fourth-order valence-corrected chi connectivity index (χ4v) is 2.35. The second kappa shape index (κ2) is 5.40. The first kappa shape index (κ1) is 12.2. The maximum atomic E-state index is 5.52. The SMILES string of the molecule is CCOc1ncccc1-c1cc([C@@H]2CCCN2)on1. The third-order valence-electron chi connectivity index (χ3n) is 3.26. The zero-order valence-corrected chi connectivity index (χ0v) is 10.9. The Hall–Kier alpha value is -1.88. The molecular weight excluding hydrogens is 242 g/mol. The maximum absolute atomic E-state index is 5.52. The van der Waals surface area contributed by atoms with Crippen LogP contribution in [0.5, 0.6) is 5.88 Å². The molecule has 1 fully saturated rings. The molecule has 100 valence electrons. The summed E-state index contributed by atoms with van der Waals surface area (Å²) in [6, 6.07) is 6.08. The third kappa shape index (κ3) is 2.46. The van der Waals surface area contributed by atoms with Gasteiger partial charge in [-0.2, -0.15) is 0 Å². The van der Waals surface area contributed by atoms with Crippen molar-refractivity contribution in [1.82, 2.24) is 15.5 Å². The van der Waals surface area contributed by atoms with Gasteiger partial charge in [-0.05, 0) is 38.4 Å². The highest BCUT2D eigenvalue weighted by molar-refractivity contribution is 5.64. The molecule has 1 aliphatic rings. The van der Waals surface area contributed by atoms with Crippen LogP contribution in [0.3, 0.4) is 0 Å². The molecule has 0 radical (unpaired) electrons. The zero-order valence-electron chi connectivity index (χ0n) is 10.9. The van der Waals surface area contributed by atoms with Crippen LogP contribution in [0.4, 0.5) is 0 Å². The Labute approximate surface area is 112 Å². The van der Waals surface area contributed by atoms with Gasteiger partial charge in [0.2, 0.25) is 5.88 Å². The van der Waals surface area contributed by atoms with E-state index in [9.17, 15) is 0 Å². The Morgan fingerprint density at radius 3 is 3.26 bits per heavy atom. The van der Waals surface area contributed by atoms with Crippen LogP contribution in [0.25, 0.3) is 11.3 Å². The molecule has 0 bridgehead atoms. The molecule has 0 aromatic carbocycles. The highest BCUT2D eigenvalue weighted by atomic mass is 16.5. The molecule has 3 rings (SSSR count). The number of ether oxygens (including phenoxy) is 1. The highest BCUT2D eigenvalue weighted by Gasteiger charge is 2.22. The van der Waals surface area contributed by atoms with E-state index < -0.39 is 0 Å². The van der Waals surface area contributed by atoms with Crippen molar-refractivity contribution in [2.24, 2.45) is 0 Å². The molecule has 1 aliphatic heterocycles. The minimum absolute atomic E-state index is 0.286. The summed E-state index contributed by atoms with van der Waals surface area (Å²) in [4.78, 5) is 4.23. The van der Waals surface area contributed by atoms with Crippen molar-refractivity contribution in [3.8, 4) is 17.1 Å².